The molecule has 4 rings (SSSR count). The third-order valence-electron chi connectivity index (χ3n) is 5.61. The van der Waals surface area contributed by atoms with Crippen LogP contribution in [0.5, 0.6) is 0 Å². The molecule has 2 fully saturated rings. The lowest BCUT2D eigenvalue weighted by Crippen LogP contribution is -2.56. The molecule has 2 heterocycles. The summed E-state index contributed by atoms with van der Waals surface area (Å²) in [7, 11) is 0. The van der Waals surface area contributed by atoms with E-state index < -0.39 is 41.6 Å². The molecule has 1 saturated heterocycles. The first kappa shape index (κ1) is 19.4. The van der Waals surface area contributed by atoms with Crippen LogP contribution >= 0.6 is 0 Å². The minimum absolute atomic E-state index is 0.0565. The average molecular weight is 408 g/mol. The third kappa shape index (κ3) is 3.58. The SMILES string of the molecule is C[C@@H](NC(=O)c1noc(-c2cccc(F)c2)n1)C(=O)N1CCC2(CC2)C(F)(F)C1. The Labute approximate surface area is 164 Å². The van der Waals surface area contributed by atoms with Gasteiger partial charge in [0.15, 0.2) is 0 Å². The molecule has 1 atom stereocenters. The highest BCUT2D eigenvalue weighted by Crippen LogP contribution is 2.61. The van der Waals surface area contributed by atoms with Gasteiger partial charge in [-0.05, 0) is 44.4 Å². The molecule has 0 unspecified atom stereocenters. The number of benzene rings is 1. The fourth-order valence-electron chi connectivity index (χ4n) is 3.62. The topological polar surface area (TPSA) is 88.3 Å². The first-order valence-corrected chi connectivity index (χ1v) is 9.28. The van der Waals surface area contributed by atoms with E-state index in [1.807, 2.05) is 0 Å². The lowest BCUT2D eigenvalue weighted by atomic mass is 9.89. The third-order valence-corrected chi connectivity index (χ3v) is 5.61. The van der Waals surface area contributed by atoms with Crippen LogP contribution in [0.1, 0.15) is 36.8 Å². The normalized spacial score (nSPS) is 20.3. The molecule has 1 aromatic heterocycles. The molecule has 1 aliphatic heterocycles. The molecule has 7 nitrogen and oxygen atoms in total. The number of piperidine rings is 1. The lowest BCUT2D eigenvalue weighted by molar-refractivity contribution is -0.156. The van der Waals surface area contributed by atoms with Crippen LogP contribution in [0.25, 0.3) is 11.5 Å². The molecule has 1 N–H and O–H groups in total. The smallest absolute Gasteiger partial charge is 0.293 e. The Morgan fingerprint density at radius 2 is 2.03 bits per heavy atom. The second kappa shape index (κ2) is 6.85. The van der Waals surface area contributed by atoms with Crippen LogP contribution in [0.4, 0.5) is 13.2 Å². The number of hydrogen-bond acceptors (Lipinski definition) is 5. The Balaban J connectivity index is 1.39. The van der Waals surface area contributed by atoms with Gasteiger partial charge in [-0.1, -0.05) is 11.2 Å². The van der Waals surface area contributed by atoms with E-state index in [4.69, 9.17) is 4.52 Å². The molecule has 2 aliphatic rings. The molecule has 154 valence electrons. The maximum Gasteiger partial charge on any atom is 0.293 e. The van der Waals surface area contributed by atoms with Gasteiger partial charge in [0.2, 0.25) is 5.91 Å². The van der Waals surface area contributed by atoms with Crippen LogP contribution in [0.15, 0.2) is 28.8 Å². The fourth-order valence-corrected chi connectivity index (χ4v) is 3.62. The highest BCUT2D eigenvalue weighted by Gasteiger charge is 2.64. The van der Waals surface area contributed by atoms with E-state index in [1.54, 1.807) is 0 Å². The number of carbonyl (C=O) groups excluding carboxylic acids is 2. The van der Waals surface area contributed by atoms with E-state index in [1.165, 1.54) is 31.2 Å². The number of aromatic nitrogens is 2. The van der Waals surface area contributed by atoms with Gasteiger partial charge in [0.25, 0.3) is 23.5 Å². The quantitative estimate of drug-likeness (QED) is 0.840. The van der Waals surface area contributed by atoms with Crippen molar-refractivity contribution in [1.82, 2.24) is 20.4 Å². The average Bonchev–Trinajstić information content (AvgIpc) is 3.30. The fraction of sp³-hybridized carbons (Fsp3) is 0.474. The zero-order valence-corrected chi connectivity index (χ0v) is 15.6. The maximum atomic E-state index is 14.3. The molecular formula is C19H19F3N4O3. The summed E-state index contributed by atoms with van der Waals surface area (Å²) in [5.41, 5.74) is -0.654. The van der Waals surface area contributed by atoms with Crippen molar-refractivity contribution in [2.24, 2.45) is 5.41 Å². The molecule has 0 bridgehead atoms. The number of alkyl halides is 2. The number of likely N-dealkylation sites (tertiary alicyclic amines) is 1. The Hall–Kier alpha value is -2.91. The summed E-state index contributed by atoms with van der Waals surface area (Å²) < 4.78 is 46.9. The van der Waals surface area contributed by atoms with E-state index in [0.29, 0.717) is 18.4 Å². The zero-order valence-electron chi connectivity index (χ0n) is 15.6. The maximum absolute atomic E-state index is 14.3. The summed E-state index contributed by atoms with van der Waals surface area (Å²) in [5.74, 6) is -5.21. The van der Waals surface area contributed by atoms with Gasteiger partial charge in [-0.3, -0.25) is 9.59 Å². The predicted molar refractivity (Wildman–Crippen MR) is 94.4 cm³/mol. The van der Waals surface area contributed by atoms with Crippen LogP contribution in [0, 0.1) is 11.2 Å². The molecule has 1 spiro atoms. The first-order chi connectivity index (χ1) is 13.7. The number of rotatable bonds is 4. The Kier molecular flexibility index (Phi) is 4.59. The molecule has 29 heavy (non-hydrogen) atoms. The minimum atomic E-state index is -2.92. The van der Waals surface area contributed by atoms with Crippen molar-refractivity contribution in [3.8, 4) is 11.5 Å². The second-order valence-electron chi connectivity index (χ2n) is 7.62. The van der Waals surface area contributed by atoms with Crippen LogP contribution in [0.2, 0.25) is 0 Å². The van der Waals surface area contributed by atoms with Gasteiger partial charge in [0.1, 0.15) is 11.9 Å². The van der Waals surface area contributed by atoms with Crippen molar-refractivity contribution >= 4 is 11.8 Å². The van der Waals surface area contributed by atoms with Crippen LogP contribution < -0.4 is 5.32 Å². The molecule has 1 saturated carbocycles. The second-order valence-corrected chi connectivity index (χ2v) is 7.62. The van der Waals surface area contributed by atoms with E-state index in [-0.39, 0.29) is 24.7 Å². The molecule has 1 aromatic carbocycles. The lowest BCUT2D eigenvalue weighted by Gasteiger charge is -2.39. The minimum Gasteiger partial charge on any atom is -0.338 e. The van der Waals surface area contributed by atoms with Crippen molar-refractivity contribution in [2.75, 3.05) is 13.1 Å². The van der Waals surface area contributed by atoms with Crippen molar-refractivity contribution < 1.29 is 27.3 Å². The largest absolute Gasteiger partial charge is 0.338 e. The van der Waals surface area contributed by atoms with Crippen molar-refractivity contribution in [3.05, 3.63) is 35.9 Å². The van der Waals surface area contributed by atoms with Crippen LogP contribution in [-0.4, -0.2) is 51.9 Å². The van der Waals surface area contributed by atoms with Gasteiger partial charge >= 0.3 is 0 Å². The van der Waals surface area contributed by atoms with Crippen molar-refractivity contribution in [1.29, 1.82) is 0 Å². The highest BCUT2D eigenvalue weighted by molar-refractivity contribution is 5.94. The van der Waals surface area contributed by atoms with Gasteiger partial charge < -0.3 is 14.7 Å². The summed E-state index contributed by atoms with van der Waals surface area (Å²) in [6.07, 6.45) is 1.23. The standard InChI is InChI=1S/C19H19F3N4O3/c1-11(17(28)26-8-7-18(5-6-18)19(21,22)10-26)23-15(27)14-24-16(29-25-14)12-3-2-4-13(20)9-12/h2-4,9,11H,5-8,10H2,1H3,(H,23,27)/t11-/m1/s1. The molecule has 0 radical (unpaired) electrons. The Morgan fingerprint density at radius 1 is 1.28 bits per heavy atom. The van der Waals surface area contributed by atoms with Gasteiger partial charge in [0.05, 0.1) is 6.54 Å². The van der Waals surface area contributed by atoms with Gasteiger partial charge in [-0.15, -0.1) is 0 Å². The van der Waals surface area contributed by atoms with E-state index in [9.17, 15) is 22.8 Å². The molecule has 2 amide bonds. The summed E-state index contributed by atoms with van der Waals surface area (Å²) in [4.78, 5) is 29.8. The van der Waals surface area contributed by atoms with E-state index >= 15 is 0 Å². The van der Waals surface area contributed by atoms with Crippen LogP contribution in [0.3, 0.4) is 0 Å². The van der Waals surface area contributed by atoms with Crippen molar-refractivity contribution in [3.63, 3.8) is 0 Å². The number of nitrogens with zero attached hydrogens (tertiary/aromatic N) is 3. The highest BCUT2D eigenvalue weighted by atomic mass is 19.3. The number of hydrogen-bond donors (Lipinski definition) is 1. The van der Waals surface area contributed by atoms with Crippen LogP contribution in [-0.2, 0) is 4.79 Å². The Bertz CT molecular complexity index is 958. The van der Waals surface area contributed by atoms with E-state index in [0.717, 1.165) is 4.90 Å². The molecule has 2 aromatic rings. The number of nitrogens with one attached hydrogen (secondary N) is 1. The molecule has 10 heteroatoms. The molecular weight excluding hydrogens is 389 g/mol. The summed E-state index contributed by atoms with van der Waals surface area (Å²) >= 11 is 0. The van der Waals surface area contributed by atoms with Gasteiger partial charge in [-0.25, -0.2) is 13.2 Å². The zero-order chi connectivity index (χ0) is 20.8. The first-order valence-electron chi connectivity index (χ1n) is 9.28. The summed E-state index contributed by atoms with van der Waals surface area (Å²) in [5, 5.41) is 5.93. The van der Waals surface area contributed by atoms with Gasteiger partial charge in [0, 0.05) is 17.5 Å². The number of halogens is 3. The number of amides is 2. The predicted octanol–water partition coefficient (Wildman–Crippen LogP) is 2.64. The monoisotopic (exact) mass is 408 g/mol. The summed E-state index contributed by atoms with van der Waals surface area (Å²) in [6.45, 7) is 1.01. The van der Waals surface area contributed by atoms with Gasteiger partial charge in [-0.2, -0.15) is 4.98 Å². The van der Waals surface area contributed by atoms with E-state index in [2.05, 4.69) is 15.5 Å². The van der Waals surface area contributed by atoms with Crippen molar-refractivity contribution in [2.45, 2.75) is 38.2 Å². The summed E-state index contributed by atoms with van der Waals surface area (Å²) in [6, 6.07) is 4.37. The Morgan fingerprint density at radius 3 is 2.69 bits per heavy atom. The molecule has 1 aliphatic carbocycles. The number of carbonyl (C=O) groups is 2.